The summed E-state index contributed by atoms with van der Waals surface area (Å²) in [5.41, 5.74) is 0.878. The number of para-hydroxylation sites is 1. The van der Waals surface area contributed by atoms with Crippen LogP contribution in [0.3, 0.4) is 0 Å². The zero-order chi connectivity index (χ0) is 18.3. The summed E-state index contributed by atoms with van der Waals surface area (Å²) in [6.07, 6.45) is 2.80. The van der Waals surface area contributed by atoms with Gasteiger partial charge in [0.2, 0.25) is 0 Å². The lowest BCUT2D eigenvalue weighted by Gasteiger charge is -2.35. The Morgan fingerprint density at radius 3 is 2.59 bits per heavy atom. The fraction of sp³-hybridized carbons (Fsp3) is 0.600. The quantitative estimate of drug-likeness (QED) is 0.713. The van der Waals surface area contributed by atoms with E-state index in [0.29, 0.717) is 0 Å². The van der Waals surface area contributed by atoms with E-state index < -0.39 is 0 Å². The van der Waals surface area contributed by atoms with Crippen LogP contribution in [0.4, 0.5) is 5.13 Å². The van der Waals surface area contributed by atoms with Crippen LogP contribution in [-0.4, -0.2) is 67.8 Å². The van der Waals surface area contributed by atoms with Crippen molar-refractivity contribution in [2.45, 2.75) is 25.4 Å². The van der Waals surface area contributed by atoms with Gasteiger partial charge in [0.25, 0.3) is 0 Å². The number of carbonyl (C=O) groups excluding carboxylic acids is 1. The summed E-state index contributed by atoms with van der Waals surface area (Å²) < 4.78 is 7.03. The Kier molecular flexibility index (Phi) is 7.27. The Morgan fingerprint density at radius 1 is 1.14 bits per heavy atom. The van der Waals surface area contributed by atoms with Crippen molar-refractivity contribution in [3.8, 4) is 0 Å². The zero-order valence-corrected chi connectivity index (χ0v) is 18.8. The van der Waals surface area contributed by atoms with E-state index in [4.69, 9.17) is 9.72 Å². The Bertz CT molecular complexity index is 802. The smallest absolute Gasteiger partial charge is 0.312 e. The van der Waals surface area contributed by atoms with Gasteiger partial charge in [-0.2, -0.15) is 0 Å². The van der Waals surface area contributed by atoms with Gasteiger partial charge >= 0.3 is 5.97 Å². The number of benzene rings is 1. The average Bonchev–Trinajstić information content (AvgIpc) is 3.25. The topological polar surface area (TPSA) is 57.7 Å². The van der Waals surface area contributed by atoms with Gasteiger partial charge in [0.15, 0.2) is 5.13 Å². The number of hydrogen-bond acceptors (Lipinski definition) is 7. The molecule has 3 aliphatic rings. The Balaban J connectivity index is 0.00000120. The molecule has 5 rings (SSSR count). The van der Waals surface area contributed by atoms with Gasteiger partial charge in [-0.25, -0.2) is 4.98 Å². The van der Waals surface area contributed by atoms with Crippen molar-refractivity contribution < 1.29 is 9.53 Å². The molecule has 3 saturated heterocycles. The van der Waals surface area contributed by atoms with Crippen LogP contribution in [0.1, 0.15) is 19.3 Å². The van der Waals surface area contributed by atoms with Crippen LogP contribution < -0.4 is 10.2 Å². The van der Waals surface area contributed by atoms with Crippen molar-refractivity contribution in [3.63, 3.8) is 0 Å². The number of nitrogens with one attached hydrogen (secondary N) is 1. The molecule has 1 spiro atoms. The van der Waals surface area contributed by atoms with E-state index in [2.05, 4.69) is 33.3 Å². The molecule has 9 heteroatoms. The third kappa shape index (κ3) is 4.49. The summed E-state index contributed by atoms with van der Waals surface area (Å²) in [5.74, 6) is 0.0436. The average molecular weight is 459 g/mol. The minimum absolute atomic E-state index is 0. The molecule has 0 amide bonds. The second-order valence-electron chi connectivity index (χ2n) is 8.01. The molecular formula is C20H28Cl2N4O2S. The minimum atomic E-state index is -0.210. The molecule has 160 valence electrons. The van der Waals surface area contributed by atoms with Gasteiger partial charge in [-0.3, -0.25) is 9.69 Å². The molecule has 3 aliphatic heterocycles. The van der Waals surface area contributed by atoms with Gasteiger partial charge in [-0.15, -0.1) is 24.8 Å². The standard InChI is InChI=1S/C20H26N4O2S.2ClH/c25-18-20(5-7-21-8-6-20)13-15(26-18)14-23-9-11-24(12-10-23)19-22-16-3-1-2-4-17(16)27-19;;/h1-4,15,21H,5-14H2;2*1H. The van der Waals surface area contributed by atoms with Crippen LogP contribution >= 0.6 is 36.2 Å². The van der Waals surface area contributed by atoms with Crippen molar-refractivity contribution in [1.29, 1.82) is 0 Å². The summed E-state index contributed by atoms with van der Waals surface area (Å²) in [5, 5.41) is 4.48. The fourth-order valence-electron chi connectivity index (χ4n) is 4.66. The molecule has 29 heavy (non-hydrogen) atoms. The number of halogens is 2. The lowest BCUT2D eigenvalue weighted by molar-refractivity contribution is -0.150. The molecule has 1 unspecified atom stereocenters. The number of piperidine rings is 1. The maximum absolute atomic E-state index is 12.4. The third-order valence-electron chi connectivity index (χ3n) is 6.27. The molecule has 0 aliphatic carbocycles. The second-order valence-corrected chi connectivity index (χ2v) is 9.02. The highest BCUT2D eigenvalue weighted by Gasteiger charge is 2.49. The molecule has 0 bridgehead atoms. The number of anilines is 1. The van der Waals surface area contributed by atoms with Gasteiger partial charge in [-0.05, 0) is 38.1 Å². The highest BCUT2D eigenvalue weighted by Crippen LogP contribution is 2.41. The normalized spacial score (nSPS) is 24.2. The van der Waals surface area contributed by atoms with E-state index >= 15 is 0 Å². The molecule has 1 aromatic heterocycles. The van der Waals surface area contributed by atoms with Gasteiger partial charge in [0, 0.05) is 39.1 Å². The first-order valence-corrected chi connectivity index (χ1v) is 10.8. The summed E-state index contributed by atoms with van der Waals surface area (Å²) in [6.45, 7) is 6.70. The molecule has 1 N–H and O–H groups in total. The van der Waals surface area contributed by atoms with Gasteiger partial charge < -0.3 is 15.0 Å². The second kappa shape index (κ2) is 9.35. The first-order chi connectivity index (χ1) is 13.2. The van der Waals surface area contributed by atoms with Crippen LogP contribution in [0.5, 0.6) is 0 Å². The summed E-state index contributed by atoms with van der Waals surface area (Å²) in [4.78, 5) is 22.1. The van der Waals surface area contributed by atoms with E-state index in [1.165, 1.54) is 4.70 Å². The molecule has 0 saturated carbocycles. The number of hydrogen-bond donors (Lipinski definition) is 1. The number of rotatable bonds is 3. The summed E-state index contributed by atoms with van der Waals surface area (Å²) in [7, 11) is 0. The number of fused-ring (bicyclic) bond motifs is 1. The van der Waals surface area contributed by atoms with Crippen molar-refractivity contribution in [3.05, 3.63) is 24.3 Å². The first kappa shape index (κ1) is 22.6. The van der Waals surface area contributed by atoms with Crippen molar-refractivity contribution in [2.24, 2.45) is 5.41 Å². The van der Waals surface area contributed by atoms with Crippen molar-refractivity contribution >= 4 is 57.5 Å². The van der Waals surface area contributed by atoms with Crippen LogP contribution in [0.25, 0.3) is 10.2 Å². The molecule has 1 aromatic carbocycles. The molecule has 0 radical (unpaired) electrons. The number of esters is 1. The molecule has 6 nitrogen and oxygen atoms in total. The van der Waals surface area contributed by atoms with Crippen LogP contribution in [0.15, 0.2) is 24.3 Å². The van der Waals surface area contributed by atoms with Crippen LogP contribution in [0.2, 0.25) is 0 Å². The number of aromatic nitrogens is 1. The van der Waals surface area contributed by atoms with Crippen molar-refractivity contribution in [2.75, 3.05) is 50.7 Å². The highest BCUT2D eigenvalue weighted by molar-refractivity contribution is 7.22. The van der Waals surface area contributed by atoms with Gasteiger partial charge in [0.1, 0.15) is 6.10 Å². The fourth-order valence-corrected chi connectivity index (χ4v) is 5.67. The Labute approximate surface area is 187 Å². The summed E-state index contributed by atoms with van der Waals surface area (Å²) >= 11 is 1.77. The largest absolute Gasteiger partial charge is 0.461 e. The predicted molar refractivity (Wildman–Crippen MR) is 122 cm³/mol. The molecule has 2 aromatic rings. The van der Waals surface area contributed by atoms with E-state index in [0.717, 1.165) is 75.7 Å². The highest BCUT2D eigenvalue weighted by atomic mass is 35.5. The van der Waals surface area contributed by atoms with Crippen LogP contribution in [-0.2, 0) is 9.53 Å². The lowest BCUT2D eigenvalue weighted by Crippen LogP contribution is -2.48. The van der Waals surface area contributed by atoms with E-state index in [1.54, 1.807) is 11.3 Å². The molecule has 3 fully saturated rings. The zero-order valence-electron chi connectivity index (χ0n) is 16.3. The van der Waals surface area contributed by atoms with E-state index in [1.807, 2.05) is 6.07 Å². The monoisotopic (exact) mass is 458 g/mol. The molecular weight excluding hydrogens is 431 g/mol. The van der Waals surface area contributed by atoms with Gasteiger partial charge in [-0.1, -0.05) is 23.5 Å². The number of nitrogens with zero attached hydrogens (tertiary/aromatic N) is 3. The Hall–Kier alpha value is -1.12. The predicted octanol–water partition coefficient (Wildman–Crippen LogP) is 2.95. The lowest BCUT2D eigenvalue weighted by atomic mass is 9.76. The maximum atomic E-state index is 12.4. The molecule has 4 heterocycles. The summed E-state index contributed by atoms with van der Waals surface area (Å²) in [6, 6.07) is 8.33. The first-order valence-electron chi connectivity index (χ1n) is 9.97. The molecule has 1 atom stereocenters. The van der Waals surface area contributed by atoms with E-state index in [-0.39, 0.29) is 42.3 Å². The number of carbonyl (C=O) groups is 1. The van der Waals surface area contributed by atoms with Gasteiger partial charge in [0.05, 0.1) is 15.6 Å². The number of thiazole rings is 1. The van der Waals surface area contributed by atoms with E-state index in [9.17, 15) is 4.79 Å². The number of ether oxygens (including phenoxy) is 1. The Morgan fingerprint density at radius 2 is 1.86 bits per heavy atom. The SMILES string of the molecule is Cl.Cl.O=C1OC(CN2CCN(c3nc4ccccc4s3)CC2)CC12CCNCC2. The maximum Gasteiger partial charge on any atom is 0.312 e. The number of piperazine rings is 1. The number of cyclic esters (lactones) is 1. The van der Waals surface area contributed by atoms with Crippen molar-refractivity contribution in [1.82, 2.24) is 15.2 Å². The third-order valence-corrected chi connectivity index (χ3v) is 7.37. The van der Waals surface area contributed by atoms with Crippen LogP contribution in [0, 0.1) is 5.41 Å². The minimum Gasteiger partial charge on any atom is -0.461 e.